The number of carbonyl (C=O) groups excluding carboxylic acids is 3. The molecule has 0 bridgehead atoms. The van der Waals surface area contributed by atoms with Crippen molar-refractivity contribution in [1.29, 1.82) is 0 Å². The molecule has 28 heavy (non-hydrogen) atoms. The average Bonchev–Trinajstić information content (AvgIpc) is 3.09. The molecule has 8 nitrogen and oxygen atoms in total. The molecule has 1 atom stereocenters. The molecule has 0 aliphatic carbocycles. The predicted molar refractivity (Wildman–Crippen MR) is 104 cm³/mol. The minimum Gasteiger partial charge on any atom is -0.483 e. The molecule has 0 aromatic heterocycles. The minimum absolute atomic E-state index is 0.231. The highest BCUT2D eigenvalue weighted by Gasteiger charge is 2.36. The van der Waals surface area contributed by atoms with E-state index in [0.717, 1.165) is 11.1 Å². The number of hydrazine groups is 1. The molecule has 0 saturated carbocycles. The lowest BCUT2D eigenvalue weighted by Crippen LogP contribution is -2.53. The van der Waals surface area contributed by atoms with Crippen molar-refractivity contribution in [2.75, 3.05) is 13.2 Å². The Hall–Kier alpha value is -2.77. The summed E-state index contributed by atoms with van der Waals surface area (Å²) < 4.78 is 10.8. The average molecular weight is 391 g/mol. The first kappa shape index (κ1) is 21.5. The monoisotopic (exact) mass is 391 g/mol. The van der Waals surface area contributed by atoms with Crippen LogP contribution in [0, 0.1) is 13.8 Å². The van der Waals surface area contributed by atoms with E-state index < -0.39 is 29.6 Å². The summed E-state index contributed by atoms with van der Waals surface area (Å²) in [5, 5.41) is 0. The molecule has 2 N–H and O–H groups in total. The van der Waals surface area contributed by atoms with Crippen LogP contribution in [-0.2, 0) is 14.3 Å². The molecular formula is C20H29N3O5. The van der Waals surface area contributed by atoms with Crippen molar-refractivity contribution in [3.8, 4) is 5.75 Å². The molecule has 1 fully saturated rings. The topological polar surface area (TPSA) is 97.0 Å². The van der Waals surface area contributed by atoms with Gasteiger partial charge in [-0.15, -0.1) is 0 Å². The number of benzene rings is 1. The van der Waals surface area contributed by atoms with Crippen LogP contribution in [0.25, 0.3) is 0 Å². The molecule has 1 unspecified atom stereocenters. The van der Waals surface area contributed by atoms with E-state index in [1.807, 2.05) is 32.0 Å². The van der Waals surface area contributed by atoms with Crippen molar-refractivity contribution in [2.24, 2.45) is 0 Å². The number of likely N-dealkylation sites (tertiary alicyclic amines) is 1. The Bertz CT molecular complexity index is 742. The lowest BCUT2D eigenvalue weighted by atomic mass is 10.1. The van der Waals surface area contributed by atoms with Crippen molar-refractivity contribution in [1.82, 2.24) is 15.8 Å². The van der Waals surface area contributed by atoms with E-state index >= 15 is 0 Å². The Morgan fingerprint density at radius 1 is 1.18 bits per heavy atom. The molecule has 2 rings (SSSR count). The van der Waals surface area contributed by atoms with E-state index in [4.69, 9.17) is 9.47 Å². The summed E-state index contributed by atoms with van der Waals surface area (Å²) in [5.41, 5.74) is 6.00. The summed E-state index contributed by atoms with van der Waals surface area (Å²) in [6.07, 6.45) is 0.677. The number of nitrogens with one attached hydrogen (secondary N) is 2. The third-order valence-electron chi connectivity index (χ3n) is 4.21. The second kappa shape index (κ2) is 8.95. The molecular weight excluding hydrogens is 362 g/mol. The molecule has 1 saturated heterocycles. The maximum Gasteiger partial charge on any atom is 0.410 e. The van der Waals surface area contributed by atoms with Gasteiger partial charge in [0.2, 0.25) is 0 Å². The predicted octanol–water partition coefficient (Wildman–Crippen LogP) is 2.23. The van der Waals surface area contributed by atoms with Crippen LogP contribution in [-0.4, -0.2) is 47.6 Å². The summed E-state index contributed by atoms with van der Waals surface area (Å²) in [5.74, 6) is -0.326. The summed E-state index contributed by atoms with van der Waals surface area (Å²) in [6.45, 7) is 9.34. The number of hydrogen-bond donors (Lipinski definition) is 2. The molecule has 8 heteroatoms. The molecule has 3 amide bonds. The maximum absolute atomic E-state index is 12.4. The zero-order chi connectivity index (χ0) is 20.9. The smallest absolute Gasteiger partial charge is 0.410 e. The van der Waals surface area contributed by atoms with E-state index in [1.165, 1.54) is 4.90 Å². The van der Waals surface area contributed by atoms with Gasteiger partial charge in [0.15, 0.2) is 6.61 Å². The Morgan fingerprint density at radius 3 is 2.57 bits per heavy atom. The van der Waals surface area contributed by atoms with Crippen molar-refractivity contribution >= 4 is 17.9 Å². The number of carbonyl (C=O) groups is 3. The quantitative estimate of drug-likeness (QED) is 0.767. The first-order valence-electron chi connectivity index (χ1n) is 9.35. The molecule has 1 aliphatic heterocycles. The molecule has 1 aliphatic rings. The molecule has 0 spiro atoms. The number of ether oxygens (including phenoxy) is 2. The van der Waals surface area contributed by atoms with Gasteiger partial charge in [-0.25, -0.2) is 4.79 Å². The normalized spacial score (nSPS) is 16.5. The van der Waals surface area contributed by atoms with E-state index in [0.29, 0.717) is 25.1 Å². The molecule has 0 radical (unpaired) electrons. The fourth-order valence-electron chi connectivity index (χ4n) is 2.84. The maximum atomic E-state index is 12.4. The highest BCUT2D eigenvalue weighted by atomic mass is 16.6. The fraction of sp³-hybridized carbons (Fsp3) is 0.550. The standard InChI is InChI=1S/C20H29N3O5/c1-13-8-9-14(2)16(11-13)27-12-17(24)21-22-18(25)15-7-6-10-23(15)19(26)28-20(3,4)5/h8-9,11,15H,6-7,10,12H2,1-5H3,(H,21,24)(H,22,25). The summed E-state index contributed by atoms with van der Waals surface area (Å²) in [4.78, 5) is 38.0. The lowest BCUT2D eigenvalue weighted by Gasteiger charge is -2.28. The van der Waals surface area contributed by atoms with Crippen LogP contribution >= 0.6 is 0 Å². The Morgan fingerprint density at radius 2 is 1.89 bits per heavy atom. The number of aryl methyl sites for hydroxylation is 2. The van der Waals surface area contributed by atoms with Crippen LogP contribution < -0.4 is 15.6 Å². The van der Waals surface area contributed by atoms with Gasteiger partial charge in [0, 0.05) is 6.54 Å². The number of amides is 3. The van der Waals surface area contributed by atoms with Crippen molar-refractivity contribution in [3.63, 3.8) is 0 Å². The van der Waals surface area contributed by atoms with Gasteiger partial charge in [-0.3, -0.25) is 25.3 Å². The Balaban J connectivity index is 1.82. The van der Waals surface area contributed by atoms with E-state index in [-0.39, 0.29) is 6.61 Å². The second-order valence-electron chi connectivity index (χ2n) is 7.93. The van der Waals surface area contributed by atoms with Gasteiger partial charge in [-0.2, -0.15) is 0 Å². The molecule has 154 valence electrons. The van der Waals surface area contributed by atoms with Crippen LogP contribution in [0.4, 0.5) is 4.79 Å². The van der Waals surface area contributed by atoms with Gasteiger partial charge in [-0.1, -0.05) is 12.1 Å². The second-order valence-corrected chi connectivity index (χ2v) is 7.93. The van der Waals surface area contributed by atoms with Gasteiger partial charge in [-0.05, 0) is 64.7 Å². The number of hydrogen-bond acceptors (Lipinski definition) is 5. The third kappa shape index (κ3) is 6.14. The summed E-state index contributed by atoms with van der Waals surface area (Å²) in [7, 11) is 0. The molecule has 1 heterocycles. The van der Waals surface area contributed by atoms with E-state index in [1.54, 1.807) is 20.8 Å². The fourth-order valence-corrected chi connectivity index (χ4v) is 2.84. The largest absolute Gasteiger partial charge is 0.483 e. The minimum atomic E-state index is -0.671. The zero-order valence-corrected chi connectivity index (χ0v) is 17.1. The number of nitrogens with zero attached hydrogens (tertiary/aromatic N) is 1. The van der Waals surface area contributed by atoms with Gasteiger partial charge in [0.05, 0.1) is 0 Å². The summed E-state index contributed by atoms with van der Waals surface area (Å²) >= 11 is 0. The highest BCUT2D eigenvalue weighted by molar-refractivity contribution is 5.88. The zero-order valence-electron chi connectivity index (χ0n) is 17.1. The van der Waals surface area contributed by atoms with Crippen LogP contribution in [0.1, 0.15) is 44.7 Å². The van der Waals surface area contributed by atoms with Crippen molar-refractivity contribution in [3.05, 3.63) is 29.3 Å². The van der Waals surface area contributed by atoms with E-state index in [2.05, 4.69) is 10.9 Å². The van der Waals surface area contributed by atoms with Crippen LogP contribution in [0.15, 0.2) is 18.2 Å². The van der Waals surface area contributed by atoms with Crippen molar-refractivity contribution < 1.29 is 23.9 Å². The van der Waals surface area contributed by atoms with Crippen molar-refractivity contribution in [2.45, 2.75) is 59.1 Å². The Kier molecular flexibility index (Phi) is 6.88. The van der Waals surface area contributed by atoms with Crippen LogP contribution in [0.3, 0.4) is 0 Å². The molecule has 1 aromatic rings. The molecule has 1 aromatic carbocycles. The van der Waals surface area contributed by atoms with E-state index in [9.17, 15) is 14.4 Å². The first-order chi connectivity index (χ1) is 13.1. The van der Waals surface area contributed by atoms with Gasteiger partial charge >= 0.3 is 6.09 Å². The van der Waals surface area contributed by atoms with Gasteiger partial charge in [0.1, 0.15) is 17.4 Å². The van der Waals surface area contributed by atoms with Crippen LogP contribution in [0.5, 0.6) is 5.75 Å². The first-order valence-corrected chi connectivity index (χ1v) is 9.35. The third-order valence-corrected chi connectivity index (χ3v) is 4.21. The highest BCUT2D eigenvalue weighted by Crippen LogP contribution is 2.21. The SMILES string of the molecule is Cc1ccc(C)c(OCC(=O)NNC(=O)C2CCCN2C(=O)OC(C)(C)C)c1. The van der Waals surface area contributed by atoms with Gasteiger partial charge in [0.25, 0.3) is 11.8 Å². The van der Waals surface area contributed by atoms with Crippen LogP contribution in [0.2, 0.25) is 0 Å². The van der Waals surface area contributed by atoms with Gasteiger partial charge < -0.3 is 9.47 Å². The number of rotatable bonds is 4. The summed E-state index contributed by atoms with van der Waals surface area (Å²) in [6, 6.07) is 5.05. The Labute approximate surface area is 165 Å². The lowest BCUT2D eigenvalue weighted by molar-refractivity contribution is -0.132.